The van der Waals surface area contributed by atoms with E-state index < -0.39 is 6.29 Å². The highest BCUT2D eigenvalue weighted by molar-refractivity contribution is 5.31. The second kappa shape index (κ2) is 8.65. The molecule has 0 amide bonds. The van der Waals surface area contributed by atoms with Gasteiger partial charge >= 0.3 is 0 Å². The third-order valence-corrected chi connectivity index (χ3v) is 2.24. The van der Waals surface area contributed by atoms with Crippen molar-refractivity contribution in [3.63, 3.8) is 0 Å². The zero-order chi connectivity index (χ0) is 12.3. The third-order valence-electron chi connectivity index (χ3n) is 2.24. The van der Waals surface area contributed by atoms with Crippen molar-refractivity contribution in [1.29, 1.82) is 0 Å². The molecule has 1 rings (SSSR count). The Labute approximate surface area is 103 Å². The van der Waals surface area contributed by atoms with E-state index in [1.807, 2.05) is 18.2 Å². The van der Waals surface area contributed by atoms with Crippen molar-refractivity contribution < 1.29 is 9.84 Å². The first-order valence-electron chi connectivity index (χ1n) is 5.98. The van der Waals surface area contributed by atoms with Gasteiger partial charge in [0.25, 0.3) is 0 Å². The summed E-state index contributed by atoms with van der Waals surface area (Å²) in [5.74, 6) is 11.3. The molecule has 1 aliphatic heterocycles. The first kappa shape index (κ1) is 13.6. The van der Waals surface area contributed by atoms with Gasteiger partial charge in [0.05, 0.1) is 6.10 Å². The van der Waals surface area contributed by atoms with Gasteiger partial charge in [-0.3, -0.25) is 0 Å². The van der Waals surface area contributed by atoms with Crippen LogP contribution in [0.2, 0.25) is 0 Å². The Balaban J connectivity index is 2.22. The zero-order valence-electron chi connectivity index (χ0n) is 10.1. The molecule has 1 saturated heterocycles. The van der Waals surface area contributed by atoms with E-state index in [0.717, 1.165) is 19.3 Å². The van der Waals surface area contributed by atoms with Gasteiger partial charge in [-0.15, -0.1) is 0 Å². The topological polar surface area (TPSA) is 29.5 Å². The number of hydrogen-bond acceptors (Lipinski definition) is 2. The number of hydrogen-bond donors (Lipinski definition) is 1. The summed E-state index contributed by atoms with van der Waals surface area (Å²) in [5.41, 5.74) is 0. The van der Waals surface area contributed by atoms with Crippen molar-refractivity contribution in [2.24, 2.45) is 0 Å². The lowest BCUT2D eigenvalue weighted by molar-refractivity contribution is -0.0777. The van der Waals surface area contributed by atoms with Crippen molar-refractivity contribution in [1.82, 2.24) is 0 Å². The Morgan fingerprint density at radius 1 is 1.29 bits per heavy atom. The van der Waals surface area contributed by atoms with Crippen molar-refractivity contribution in [2.75, 3.05) is 0 Å². The van der Waals surface area contributed by atoms with E-state index in [1.165, 1.54) is 0 Å². The molecular formula is C15H18O2. The number of aliphatic hydroxyl groups excluding tert-OH is 1. The van der Waals surface area contributed by atoms with Crippen molar-refractivity contribution in [3.8, 4) is 23.7 Å². The van der Waals surface area contributed by atoms with Crippen LogP contribution in [0.1, 0.15) is 32.6 Å². The molecule has 1 fully saturated rings. The average Bonchev–Trinajstić information content (AvgIpc) is 2.73. The van der Waals surface area contributed by atoms with E-state index in [0.29, 0.717) is 6.42 Å². The van der Waals surface area contributed by atoms with E-state index in [1.54, 1.807) is 6.08 Å². The average molecular weight is 230 g/mol. The summed E-state index contributed by atoms with van der Waals surface area (Å²) < 4.78 is 5.21. The van der Waals surface area contributed by atoms with Gasteiger partial charge in [0.1, 0.15) is 0 Å². The second-order valence-electron chi connectivity index (χ2n) is 3.77. The first-order chi connectivity index (χ1) is 8.33. The number of allylic oxidation sites excluding steroid dienone is 3. The first-order valence-corrected chi connectivity index (χ1v) is 5.98. The summed E-state index contributed by atoms with van der Waals surface area (Å²) in [5, 5.41) is 9.13. The molecule has 2 heteroatoms. The van der Waals surface area contributed by atoms with Crippen molar-refractivity contribution >= 4 is 0 Å². The number of ether oxygens (including phenoxy) is 1. The highest BCUT2D eigenvalue weighted by Crippen LogP contribution is 2.18. The molecule has 2 unspecified atom stereocenters. The number of unbranched alkanes of at least 4 members (excludes halogenated alkanes) is 1. The molecule has 0 spiro atoms. The highest BCUT2D eigenvalue weighted by Gasteiger charge is 2.19. The lowest BCUT2D eigenvalue weighted by Gasteiger charge is -2.02. The molecule has 1 aliphatic rings. The molecular weight excluding hydrogens is 212 g/mol. The van der Waals surface area contributed by atoms with Gasteiger partial charge in [0.15, 0.2) is 6.29 Å². The Morgan fingerprint density at radius 3 is 2.88 bits per heavy atom. The van der Waals surface area contributed by atoms with E-state index in [4.69, 9.17) is 9.84 Å². The largest absolute Gasteiger partial charge is 0.368 e. The second-order valence-corrected chi connectivity index (χ2v) is 3.77. The maximum Gasteiger partial charge on any atom is 0.155 e. The van der Waals surface area contributed by atoms with E-state index in [2.05, 4.69) is 30.6 Å². The smallest absolute Gasteiger partial charge is 0.155 e. The lowest BCUT2D eigenvalue weighted by atomic mass is 10.2. The van der Waals surface area contributed by atoms with Gasteiger partial charge in [0.2, 0.25) is 0 Å². The quantitative estimate of drug-likeness (QED) is 0.596. The predicted molar refractivity (Wildman–Crippen MR) is 68.9 cm³/mol. The standard InChI is InChI=1S/C15H18O2/c1-2-3-4-5-6-7-8-9-10-11-14-12-13-15(16)17-14/h8-11,14-16H,2-3,12-13H2,1H3. The number of rotatable bonds is 3. The maximum absolute atomic E-state index is 9.13. The van der Waals surface area contributed by atoms with Crippen LogP contribution in [-0.4, -0.2) is 17.5 Å². The van der Waals surface area contributed by atoms with Gasteiger partial charge in [0, 0.05) is 12.8 Å². The van der Waals surface area contributed by atoms with Gasteiger partial charge < -0.3 is 9.84 Å². The summed E-state index contributed by atoms with van der Waals surface area (Å²) in [6, 6.07) is 0. The molecule has 0 aromatic heterocycles. The monoisotopic (exact) mass is 230 g/mol. The summed E-state index contributed by atoms with van der Waals surface area (Å²) in [7, 11) is 0. The molecule has 2 nitrogen and oxygen atoms in total. The van der Waals surface area contributed by atoms with Gasteiger partial charge in [-0.1, -0.05) is 37.0 Å². The fourth-order valence-corrected chi connectivity index (χ4v) is 1.39. The van der Waals surface area contributed by atoms with Crippen LogP contribution in [0.3, 0.4) is 0 Å². The molecule has 0 aromatic carbocycles. The molecule has 90 valence electrons. The van der Waals surface area contributed by atoms with Crippen LogP contribution >= 0.6 is 0 Å². The van der Waals surface area contributed by atoms with Crippen LogP contribution in [0.4, 0.5) is 0 Å². The zero-order valence-corrected chi connectivity index (χ0v) is 10.1. The van der Waals surface area contributed by atoms with Crippen molar-refractivity contribution in [3.05, 3.63) is 24.3 Å². The van der Waals surface area contributed by atoms with Crippen LogP contribution in [0, 0.1) is 23.7 Å². The lowest BCUT2D eigenvalue weighted by Crippen LogP contribution is -2.06. The van der Waals surface area contributed by atoms with E-state index in [9.17, 15) is 0 Å². The van der Waals surface area contributed by atoms with Crippen LogP contribution in [0.15, 0.2) is 24.3 Å². The maximum atomic E-state index is 9.13. The molecule has 17 heavy (non-hydrogen) atoms. The molecule has 1 heterocycles. The molecule has 0 aromatic rings. The van der Waals surface area contributed by atoms with Crippen LogP contribution in [-0.2, 0) is 4.74 Å². The van der Waals surface area contributed by atoms with Gasteiger partial charge in [-0.25, -0.2) is 0 Å². The summed E-state index contributed by atoms with van der Waals surface area (Å²) >= 11 is 0. The fourth-order valence-electron chi connectivity index (χ4n) is 1.39. The molecule has 0 bridgehead atoms. The van der Waals surface area contributed by atoms with Gasteiger partial charge in [-0.05, 0) is 30.8 Å². The Bertz CT molecular complexity index is 385. The van der Waals surface area contributed by atoms with Crippen molar-refractivity contribution in [2.45, 2.75) is 45.0 Å². The number of aliphatic hydroxyl groups is 1. The Kier molecular flexibility index (Phi) is 6.91. The Morgan fingerprint density at radius 2 is 2.18 bits per heavy atom. The van der Waals surface area contributed by atoms with E-state index >= 15 is 0 Å². The molecule has 1 N–H and O–H groups in total. The van der Waals surface area contributed by atoms with Gasteiger partial charge in [-0.2, -0.15) is 0 Å². The summed E-state index contributed by atoms with van der Waals surface area (Å²) in [4.78, 5) is 0. The minimum Gasteiger partial charge on any atom is -0.368 e. The minimum atomic E-state index is -0.595. The fraction of sp³-hybridized carbons (Fsp3) is 0.467. The predicted octanol–water partition coefficient (Wildman–Crippen LogP) is 2.40. The highest BCUT2D eigenvalue weighted by atomic mass is 16.6. The van der Waals surface area contributed by atoms with E-state index in [-0.39, 0.29) is 6.10 Å². The molecule has 2 atom stereocenters. The minimum absolute atomic E-state index is 0.0342. The molecule has 0 saturated carbocycles. The molecule has 0 aliphatic carbocycles. The molecule has 0 radical (unpaired) electrons. The third kappa shape index (κ3) is 6.64. The Hall–Kier alpha value is -1.48. The summed E-state index contributed by atoms with van der Waals surface area (Å²) in [6.45, 7) is 2.09. The summed E-state index contributed by atoms with van der Waals surface area (Å²) in [6.07, 6.45) is 10.4. The normalized spacial score (nSPS) is 23.4. The van der Waals surface area contributed by atoms with Crippen LogP contribution in [0.25, 0.3) is 0 Å². The SMILES string of the molecule is CCCC#CC#CC=CC=CC1CCC(O)O1. The van der Waals surface area contributed by atoms with Crippen LogP contribution < -0.4 is 0 Å². The van der Waals surface area contributed by atoms with Crippen LogP contribution in [0.5, 0.6) is 0 Å².